The maximum atomic E-state index is 11.7. The van der Waals surface area contributed by atoms with Gasteiger partial charge in [0, 0.05) is 37.3 Å². The molecule has 104 valence electrons. The first kappa shape index (κ1) is 14.1. The monoisotopic (exact) mass is 271 g/mol. The summed E-state index contributed by atoms with van der Waals surface area (Å²) in [5, 5.41) is 11.9. The highest BCUT2D eigenvalue weighted by molar-refractivity contribution is 6.00. The maximum Gasteiger partial charge on any atom is 0.217 e. The van der Waals surface area contributed by atoms with Gasteiger partial charge in [-0.05, 0) is 31.5 Å². The van der Waals surface area contributed by atoms with Gasteiger partial charge in [0.1, 0.15) is 0 Å². The van der Waals surface area contributed by atoms with Crippen molar-refractivity contribution in [1.29, 1.82) is 5.26 Å². The Morgan fingerprint density at radius 2 is 2.15 bits per heavy atom. The van der Waals surface area contributed by atoms with Crippen LogP contribution in [0.1, 0.15) is 36.2 Å². The minimum absolute atomic E-state index is 0.0209. The smallest absolute Gasteiger partial charge is 0.217 e. The fraction of sp³-hybridized carbons (Fsp3) is 0.400. The van der Waals surface area contributed by atoms with Crippen molar-refractivity contribution < 1.29 is 9.59 Å². The Morgan fingerprint density at radius 3 is 2.75 bits per heavy atom. The molecule has 2 rings (SSSR count). The molecular formula is C15H17N3O2. The molecule has 1 aliphatic heterocycles. The van der Waals surface area contributed by atoms with E-state index in [-0.39, 0.29) is 17.7 Å². The molecule has 1 atom stereocenters. The fourth-order valence-corrected chi connectivity index (χ4v) is 2.54. The average molecular weight is 271 g/mol. The van der Waals surface area contributed by atoms with Crippen molar-refractivity contribution in [1.82, 2.24) is 5.32 Å². The molecule has 1 heterocycles. The summed E-state index contributed by atoms with van der Waals surface area (Å²) in [6.07, 6.45) is 0.841. The number of carbonyl (C=O) groups excluding carboxylic acids is 2. The molecule has 0 bridgehead atoms. The lowest BCUT2D eigenvalue weighted by Crippen LogP contribution is -2.35. The Balaban J connectivity index is 2.26. The number of anilines is 1. The van der Waals surface area contributed by atoms with Crippen LogP contribution in [0.25, 0.3) is 0 Å². The van der Waals surface area contributed by atoms with E-state index in [0.29, 0.717) is 17.7 Å². The second-order valence-corrected chi connectivity index (χ2v) is 5.03. The standard InChI is InChI=1S/C15H17N3O2/c1-10(19)14-4-3-12(8-16)7-15(14)18-6-5-13(9-18)17-11(2)20/h3-4,7,13H,5-6,9H2,1-2H3,(H,17,20). The second kappa shape index (κ2) is 5.74. The summed E-state index contributed by atoms with van der Waals surface area (Å²) >= 11 is 0. The number of hydrogen-bond acceptors (Lipinski definition) is 4. The lowest BCUT2D eigenvalue weighted by atomic mass is 10.1. The Morgan fingerprint density at radius 1 is 1.40 bits per heavy atom. The predicted molar refractivity (Wildman–Crippen MR) is 75.6 cm³/mol. The average Bonchev–Trinajstić information content (AvgIpc) is 2.85. The summed E-state index contributed by atoms with van der Waals surface area (Å²) < 4.78 is 0. The number of Topliss-reactive ketones (excluding diaryl/α,β-unsaturated/α-hetero) is 1. The SMILES string of the molecule is CC(=O)NC1CCN(c2cc(C#N)ccc2C(C)=O)C1. The molecule has 0 spiro atoms. The van der Waals surface area contributed by atoms with Gasteiger partial charge >= 0.3 is 0 Å². The van der Waals surface area contributed by atoms with Crippen LogP contribution in [-0.2, 0) is 4.79 Å². The molecule has 1 aromatic carbocycles. The van der Waals surface area contributed by atoms with Crippen LogP contribution >= 0.6 is 0 Å². The number of hydrogen-bond donors (Lipinski definition) is 1. The number of amides is 1. The van der Waals surface area contributed by atoms with Gasteiger partial charge in [0.15, 0.2) is 5.78 Å². The highest BCUT2D eigenvalue weighted by Crippen LogP contribution is 2.26. The Bertz CT molecular complexity index is 589. The molecule has 5 nitrogen and oxygen atoms in total. The molecule has 1 amide bonds. The summed E-state index contributed by atoms with van der Waals surface area (Å²) in [4.78, 5) is 24.8. The number of nitriles is 1. The van der Waals surface area contributed by atoms with E-state index < -0.39 is 0 Å². The van der Waals surface area contributed by atoms with Gasteiger partial charge in [0.05, 0.1) is 11.6 Å². The number of rotatable bonds is 3. The third-order valence-corrected chi connectivity index (χ3v) is 3.44. The first-order valence-electron chi connectivity index (χ1n) is 6.58. The van der Waals surface area contributed by atoms with Crippen LogP contribution in [0.2, 0.25) is 0 Å². The van der Waals surface area contributed by atoms with Crippen molar-refractivity contribution in [2.24, 2.45) is 0 Å². The van der Waals surface area contributed by atoms with Gasteiger partial charge in [-0.2, -0.15) is 5.26 Å². The number of ketones is 1. The molecule has 0 aromatic heterocycles. The van der Waals surface area contributed by atoms with E-state index >= 15 is 0 Å². The predicted octanol–water partition coefficient (Wildman–Crippen LogP) is 1.48. The number of nitrogens with zero attached hydrogens (tertiary/aromatic N) is 2. The van der Waals surface area contributed by atoms with Crippen LogP contribution in [0.3, 0.4) is 0 Å². The topological polar surface area (TPSA) is 73.2 Å². The molecule has 5 heteroatoms. The summed E-state index contributed by atoms with van der Waals surface area (Å²) in [7, 11) is 0. The van der Waals surface area contributed by atoms with Gasteiger partial charge < -0.3 is 10.2 Å². The largest absolute Gasteiger partial charge is 0.369 e. The van der Waals surface area contributed by atoms with Crippen molar-refractivity contribution in [3.63, 3.8) is 0 Å². The highest BCUT2D eigenvalue weighted by atomic mass is 16.1. The molecule has 20 heavy (non-hydrogen) atoms. The lowest BCUT2D eigenvalue weighted by Gasteiger charge is -2.21. The van der Waals surface area contributed by atoms with Crippen LogP contribution in [0.15, 0.2) is 18.2 Å². The van der Waals surface area contributed by atoms with E-state index in [0.717, 1.165) is 18.7 Å². The van der Waals surface area contributed by atoms with Crippen LogP contribution in [-0.4, -0.2) is 30.8 Å². The van der Waals surface area contributed by atoms with E-state index in [4.69, 9.17) is 5.26 Å². The minimum atomic E-state index is -0.0468. The number of nitrogens with one attached hydrogen (secondary N) is 1. The molecule has 1 fully saturated rings. The van der Waals surface area contributed by atoms with E-state index in [1.165, 1.54) is 13.8 Å². The van der Waals surface area contributed by atoms with Crippen LogP contribution in [0.4, 0.5) is 5.69 Å². The molecule has 0 aliphatic carbocycles. The van der Waals surface area contributed by atoms with Gasteiger partial charge in [0.2, 0.25) is 5.91 Å². The molecule has 1 aromatic rings. The Kier molecular flexibility index (Phi) is 4.04. The molecule has 1 N–H and O–H groups in total. The van der Waals surface area contributed by atoms with Gasteiger partial charge in [-0.15, -0.1) is 0 Å². The maximum absolute atomic E-state index is 11.7. The first-order chi connectivity index (χ1) is 9.51. The quantitative estimate of drug-likeness (QED) is 0.845. The van der Waals surface area contributed by atoms with Crippen molar-refractivity contribution in [2.45, 2.75) is 26.3 Å². The molecule has 0 saturated carbocycles. The number of carbonyl (C=O) groups is 2. The lowest BCUT2D eigenvalue weighted by molar-refractivity contribution is -0.119. The molecular weight excluding hydrogens is 254 g/mol. The third kappa shape index (κ3) is 2.97. The Labute approximate surface area is 118 Å². The molecule has 1 saturated heterocycles. The van der Waals surface area contributed by atoms with E-state index in [9.17, 15) is 9.59 Å². The van der Waals surface area contributed by atoms with Gasteiger partial charge in [-0.3, -0.25) is 9.59 Å². The first-order valence-corrected chi connectivity index (χ1v) is 6.58. The van der Waals surface area contributed by atoms with Crippen LogP contribution in [0.5, 0.6) is 0 Å². The highest BCUT2D eigenvalue weighted by Gasteiger charge is 2.25. The molecule has 1 unspecified atom stereocenters. The third-order valence-electron chi connectivity index (χ3n) is 3.44. The fourth-order valence-electron chi connectivity index (χ4n) is 2.54. The van der Waals surface area contributed by atoms with Crippen molar-refractivity contribution in [3.05, 3.63) is 29.3 Å². The van der Waals surface area contributed by atoms with Gasteiger partial charge in [-0.25, -0.2) is 0 Å². The molecule has 0 radical (unpaired) electrons. The zero-order chi connectivity index (χ0) is 14.7. The van der Waals surface area contributed by atoms with E-state index in [1.54, 1.807) is 18.2 Å². The summed E-state index contributed by atoms with van der Waals surface area (Å²) in [5.41, 5.74) is 1.94. The second-order valence-electron chi connectivity index (χ2n) is 5.03. The zero-order valence-electron chi connectivity index (χ0n) is 11.6. The van der Waals surface area contributed by atoms with Crippen LogP contribution < -0.4 is 10.2 Å². The summed E-state index contributed by atoms with van der Waals surface area (Å²) in [6, 6.07) is 7.28. The zero-order valence-corrected chi connectivity index (χ0v) is 11.6. The van der Waals surface area contributed by atoms with E-state index in [1.807, 2.05) is 0 Å². The van der Waals surface area contributed by atoms with E-state index in [2.05, 4.69) is 16.3 Å². The molecule has 1 aliphatic rings. The van der Waals surface area contributed by atoms with Crippen molar-refractivity contribution in [3.8, 4) is 6.07 Å². The number of benzene rings is 1. The van der Waals surface area contributed by atoms with Crippen LogP contribution in [0, 0.1) is 11.3 Å². The summed E-state index contributed by atoms with van der Waals surface area (Å²) in [6.45, 7) is 4.45. The van der Waals surface area contributed by atoms with Crippen molar-refractivity contribution >= 4 is 17.4 Å². The van der Waals surface area contributed by atoms with Gasteiger partial charge in [0.25, 0.3) is 0 Å². The normalized spacial score (nSPS) is 17.6. The Hall–Kier alpha value is -2.35. The minimum Gasteiger partial charge on any atom is -0.369 e. The summed E-state index contributed by atoms with van der Waals surface area (Å²) in [5.74, 6) is -0.0677. The van der Waals surface area contributed by atoms with Gasteiger partial charge in [-0.1, -0.05) is 0 Å². The van der Waals surface area contributed by atoms with Crippen molar-refractivity contribution in [2.75, 3.05) is 18.0 Å².